The summed E-state index contributed by atoms with van der Waals surface area (Å²) in [7, 11) is 1.89. The highest BCUT2D eigenvalue weighted by Gasteiger charge is 2.25. The molecule has 0 unspecified atom stereocenters. The zero-order valence-corrected chi connectivity index (χ0v) is 15.9. The van der Waals surface area contributed by atoms with Crippen LogP contribution in [0, 0.1) is 5.82 Å². The summed E-state index contributed by atoms with van der Waals surface area (Å²) in [4.78, 5) is 16.8. The Kier molecular flexibility index (Phi) is 6.82. The Balaban J connectivity index is 1.38. The van der Waals surface area contributed by atoms with E-state index in [9.17, 15) is 9.18 Å². The molecule has 2 aromatic carbocycles. The van der Waals surface area contributed by atoms with Crippen LogP contribution >= 0.6 is 0 Å². The van der Waals surface area contributed by atoms with E-state index in [4.69, 9.17) is 0 Å². The Morgan fingerprint density at radius 1 is 1.11 bits per heavy atom. The second-order valence-corrected chi connectivity index (χ2v) is 7.17. The maximum absolute atomic E-state index is 13.0. The molecule has 0 spiro atoms. The molecule has 0 bridgehead atoms. The van der Waals surface area contributed by atoms with E-state index in [1.807, 2.05) is 30.1 Å². The summed E-state index contributed by atoms with van der Waals surface area (Å²) in [5, 5.41) is 3.44. The lowest BCUT2D eigenvalue weighted by atomic mass is 10.0. The average molecular weight is 369 g/mol. The highest BCUT2D eigenvalue weighted by atomic mass is 19.1. The number of hydrogen-bond acceptors (Lipinski definition) is 3. The van der Waals surface area contributed by atoms with E-state index in [0.29, 0.717) is 6.42 Å². The summed E-state index contributed by atoms with van der Waals surface area (Å²) in [6.07, 6.45) is 2.33. The first-order valence-corrected chi connectivity index (χ1v) is 9.63. The largest absolute Gasteiger partial charge is 0.384 e. The van der Waals surface area contributed by atoms with Crippen molar-refractivity contribution in [3.05, 3.63) is 66.0 Å². The number of para-hydroxylation sites is 1. The average Bonchev–Trinajstić information content (AvgIpc) is 2.70. The van der Waals surface area contributed by atoms with Crippen LogP contribution in [-0.2, 0) is 11.2 Å². The van der Waals surface area contributed by atoms with Crippen LogP contribution in [0.15, 0.2) is 54.6 Å². The molecule has 0 saturated carbocycles. The third kappa shape index (κ3) is 5.79. The van der Waals surface area contributed by atoms with Crippen LogP contribution in [0.5, 0.6) is 0 Å². The number of nitrogens with zero attached hydrogens (tertiary/aromatic N) is 2. The van der Waals surface area contributed by atoms with Gasteiger partial charge in [0.15, 0.2) is 0 Å². The molecule has 2 aromatic rings. The molecule has 3 rings (SSSR count). The molecular formula is C22H28FN3O. The Hall–Kier alpha value is -2.40. The SMILES string of the molecule is CN(C(=O)Cc1ccc(F)cc1)C1CCN(CCNc2ccccc2)CC1. The molecule has 144 valence electrons. The molecule has 0 aromatic heterocycles. The van der Waals surface area contributed by atoms with Crippen molar-refractivity contribution in [2.45, 2.75) is 25.3 Å². The standard InChI is InChI=1S/C22H28FN3O/c1-25(22(27)17-18-7-9-19(23)10-8-18)21-11-14-26(15-12-21)16-13-24-20-5-3-2-4-6-20/h2-10,21,24H,11-17H2,1H3. The number of hydrogen-bond donors (Lipinski definition) is 1. The highest BCUT2D eigenvalue weighted by Crippen LogP contribution is 2.17. The fourth-order valence-corrected chi connectivity index (χ4v) is 3.55. The molecule has 27 heavy (non-hydrogen) atoms. The minimum absolute atomic E-state index is 0.103. The number of halogens is 1. The van der Waals surface area contributed by atoms with Crippen molar-refractivity contribution in [3.8, 4) is 0 Å². The number of likely N-dealkylation sites (tertiary alicyclic amines) is 1. The summed E-state index contributed by atoms with van der Waals surface area (Å²) in [5.41, 5.74) is 2.01. The van der Waals surface area contributed by atoms with Gasteiger partial charge in [0.2, 0.25) is 5.91 Å². The zero-order valence-electron chi connectivity index (χ0n) is 15.9. The minimum atomic E-state index is -0.270. The van der Waals surface area contributed by atoms with Gasteiger partial charge in [0, 0.05) is 45.0 Å². The number of carbonyl (C=O) groups excluding carboxylic acids is 1. The number of rotatable bonds is 7. The predicted octanol–water partition coefficient (Wildman–Crippen LogP) is 3.40. The number of carbonyl (C=O) groups is 1. The number of anilines is 1. The monoisotopic (exact) mass is 369 g/mol. The summed E-state index contributed by atoms with van der Waals surface area (Å²) in [5.74, 6) is -0.167. The van der Waals surface area contributed by atoms with Crippen LogP contribution in [0.2, 0.25) is 0 Å². The highest BCUT2D eigenvalue weighted by molar-refractivity contribution is 5.78. The molecule has 1 N–H and O–H groups in total. The van der Waals surface area contributed by atoms with Crippen molar-refractivity contribution in [3.63, 3.8) is 0 Å². The van der Waals surface area contributed by atoms with Crippen LogP contribution in [0.25, 0.3) is 0 Å². The number of piperidine rings is 1. The summed E-state index contributed by atoms with van der Waals surface area (Å²) in [6.45, 7) is 3.95. The van der Waals surface area contributed by atoms with Crippen LogP contribution < -0.4 is 5.32 Å². The fraction of sp³-hybridized carbons (Fsp3) is 0.409. The lowest BCUT2D eigenvalue weighted by Crippen LogP contribution is -2.46. The smallest absolute Gasteiger partial charge is 0.226 e. The second-order valence-electron chi connectivity index (χ2n) is 7.17. The number of benzene rings is 2. The van der Waals surface area contributed by atoms with Gasteiger partial charge in [0.1, 0.15) is 5.82 Å². The normalized spacial score (nSPS) is 15.5. The van der Waals surface area contributed by atoms with Gasteiger partial charge in [0.05, 0.1) is 6.42 Å². The first kappa shape index (κ1) is 19.4. The Labute approximate surface area is 161 Å². The minimum Gasteiger partial charge on any atom is -0.384 e. The lowest BCUT2D eigenvalue weighted by molar-refractivity contribution is -0.132. The van der Waals surface area contributed by atoms with E-state index in [-0.39, 0.29) is 17.8 Å². The van der Waals surface area contributed by atoms with Gasteiger partial charge in [-0.3, -0.25) is 4.79 Å². The Morgan fingerprint density at radius 2 is 1.78 bits per heavy atom. The molecule has 1 amide bonds. The van der Waals surface area contributed by atoms with Crippen molar-refractivity contribution in [2.75, 3.05) is 38.5 Å². The summed E-state index contributed by atoms with van der Waals surface area (Å²) in [6, 6.07) is 16.7. The quantitative estimate of drug-likeness (QED) is 0.812. The number of amides is 1. The molecule has 1 heterocycles. The molecule has 4 nitrogen and oxygen atoms in total. The van der Waals surface area contributed by atoms with E-state index in [1.54, 1.807) is 12.1 Å². The van der Waals surface area contributed by atoms with Crippen LogP contribution in [-0.4, -0.2) is 55.0 Å². The van der Waals surface area contributed by atoms with E-state index >= 15 is 0 Å². The third-order valence-electron chi connectivity index (χ3n) is 5.30. The number of nitrogens with one attached hydrogen (secondary N) is 1. The van der Waals surface area contributed by atoms with E-state index in [1.165, 1.54) is 12.1 Å². The first-order valence-electron chi connectivity index (χ1n) is 9.63. The van der Waals surface area contributed by atoms with Gasteiger partial charge < -0.3 is 15.1 Å². The van der Waals surface area contributed by atoms with Crippen molar-refractivity contribution in [2.24, 2.45) is 0 Å². The van der Waals surface area contributed by atoms with Crippen LogP contribution in [0.3, 0.4) is 0 Å². The predicted molar refractivity (Wildman–Crippen MR) is 107 cm³/mol. The van der Waals surface area contributed by atoms with E-state index in [2.05, 4.69) is 22.3 Å². The maximum Gasteiger partial charge on any atom is 0.226 e. The van der Waals surface area contributed by atoms with Gasteiger partial charge in [0.25, 0.3) is 0 Å². The lowest BCUT2D eigenvalue weighted by Gasteiger charge is -2.37. The molecule has 1 aliphatic rings. The van der Waals surface area contributed by atoms with Crippen molar-refractivity contribution in [1.29, 1.82) is 0 Å². The molecule has 1 fully saturated rings. The fourth-order valence-electron chi connectivity index (χ4n) is 3.55. The Bertz CT molecular complexity index is 712. The maximum atomic E-state index is 13.0. The van der Waals surface area contributed by atoms with E-state index in [0.717, 1.165) is 50.3 Å². The zero-order chi connectivity index (χ0) is 19.1. The molecule has 0 aliphatic carbocycles. The molecular weight excluding hydrogens is 341 g/mol. The van der Waals surface area contributed by atoms with Gasteiger partial charge in [-0.05, 0) is 42.7 Å². The van der Waals surface area contributed by atoms with Gasteiger partial charge in [-0.2, -0.15) is 0 Å². The molecule has 0 radical (unpaired) electrons. The first-order chi connectivity index (χ1) is 13.1. The summed E-state index contributed by atoms with van der Waals surface area (Å²) >= 11 is 0. The van der Waals surface area contributed by atoms with Gasteiger partial charge in [-0.25, -0.2) is 4.39 Å². The molecule has 1 aliphatic heterocycles. The van der Waals surface area contributed by atoms with Crippen molar-refractivity contribution < 1.29 is 9.18 Å². The van der Waals surface area contributed by atoms with Gasteiger partial charge in [-0.15, -0.1) is 0 Å². The molecule has 1 saturated heterocycles. The molecule has 0 atom stereocenters. The Morgan fingerprint density at radius 3 is 2.44 bits per heavy atom. The second kappa shape index (κ2) is 9.51. The topological polar surface area (TPSA) is 35.6 Å². The van der Waals surface area contributed by atoms with Crippen LogP contribution in [0.1, 0.15) is 18.4 Å². The van der Waals surface area contributed by atoms with Gasteiger partial charge >= 0.3 is 0 Å². The third-order valence-corrected chi connectivity index (χ3v) is 5.30. The summed E-state index contributed by atoms with van der Waals surface area (Å²) < 4.78 is 13.0. The molecule has 5 heteroatoms. The van der Waals surface area contributed by atoms with Crippen molar-refractivity contribution >= 4 is 11.6 Å². The van der Waals surface area contributed by atoms with Gasteiger partial charge in [-0.1, -0.05) is 30.3 Å². The van der Waals surface area contributed by atoms with Crippen molar-refractivity contribution in [1.82, 2.24) is 9.80 Å². The van der Waals surface area contributed by atoms with E-state index < -0.39 is 0 Å². The van der Waals surface area contributed by atoms with Crippen LogP contribution in [0.4, 0.5) is 10.1 Å². The number of likely N-dealkylation sites (N-methyl/N-ethyl adjacent to an activating group) is 1.